The van der Waals surface area contributed by atoms with Crippen LogP contribution in [0.1, 0.15) is 0 Å². The van der Waals surface area contributed by atoms with Crippen molar-refractivity contribution >= 4 is 11.6 Å². The Kier molecular flexibility index (Phi) is 2.47. The van der Waals surface area contributed by atoms with Crippen LogP contribution in [0.15, 0.2) is 24.3 Å². The highest BCUT2D eigenvalue weighted by Gasteiger charge is 2.28. The maximum absolute atomic E-state index is 11.2. The number of hydrogen-bond acceptors (Lipinski definition) is 4. The van der Waals surface area contributed by atoms with E-state index < -0.39 is 12.0 Å². The summed E-state index contributed by atoms with van der Waals surface area (Å²) in [4.78, 5) is 13.1. The van der Waals surface area contributed by atoms with E-state index in [0.29, 0.717) is 12.3 Å². The van der Waals surface area contributed by atoms with E-state index >= 15 is 0 Å². The Labute approximate surface area is 87.2 Å². The highest BCUT2D eigenvalue weighted by Crippen LogP contribution is 2.31. The molecule has 1 aliphatic rings. The summed E-state index contributed by atoms with van der Waals surface area (Å²) in [7, 11) is 1.87. The zero-order valence-corrected chi connectivity index (χ0v) is 8.30. The molecule has 5 nitrogen and oxygen atoms in total. The van der Waals surface area contributed by atoms with Gasteiger partial charge in [0.2, 0.25) is 0 Å². The van der Waals surface area contributed by atoms with E-state index in [1.54, 1.807) is 11.5 Å². The highest BCUT2D eigenvalue weighted by molar-refractivity contribution is 5.82. The predicted octanol–water partition coefficient (Wildman–Crippen LogP) is 0.389. The second-order valence-electron chi connectivity index (χ2n) is 3.43. The second kappa shape index (κ2) is 3.78. The maximum atomic E-state index is 11.2. The minimum absolute atomic E-state index is 0.420. The summed E-state index contributed by atoms with van der Waals surface area (Å²) in [6.07, 6.45) is -0.671. The number of amides is 1. The van der Waals surface area contributed by atoms with Crippen LogP contribution in [0.4, 0.5) is 5.69 Å². The van der Waals surface area contributed by atoms with E-state index in [4.69, 9.17) is 9.94 Å². The van der Waals surface area contributed by atoms with Crippen molar-refractivity contribution in [3.8, 4) is 5.75 Å². The molecule has 2 N–H and O–H groups in total. The van der Waals surface area contributed by atoms with Crippen LogP contribution in [0.25, 0.3) is 0 Å². The Morgan fingerprint density at radius 1 is 1.60 bits per heavy atom. The smallest absolute Gasteiger partial charge is 0.286 e. The first kappa shape index (κ1) is 9.79. The molecule has 0 aliphatic carbocycles. The first-order valence-corrected chi connectivity index (χ1v) is 4.63. The first-order valence-electron chi connectivity index (χ1n) is 4.63. The molecular formula is C10H12N2O3. The van der Waals surface area contributed by atoms with Crippen molar-refractivity contribution in [2.75, 3.05) is 18.5 Å². The number of nitrogens with zero attached hydrogens (tertiary/aromatic N) is 1. The molecule has 1 atom stereocenters. The third kappa shape index (κ3) is 1.73. The van der Waals surface area contributed by atoms with Crippen LogP contribution < -0.4 is 15.1 Å². The first-order chi connectivity index (χ1) is 7.22. The van der Waals surface area contributed by atoms with E-state index in [-0.39, 0.29) is 0 Å². The molecule has 1 aromatic carbocycles. The summed E-state index contributed by atoms with van der Waals surface area (Å²) in [5.41, 5.74) is 2.54. The Balaban J connectivity index is 2.26. The maximum Gasteiger partial charge on any atom is 0.286 e. The molecule has 0 radical (unpaired) electrons. The summed E-state index contributed by atoms with van der Waals surface area (Å²) in [6, 6.07) is 7.46. The van der Waals surface area contributed by atoms with E-state index in [1.165, 1.54) is 0 Å². The molecule has 0 saturated carbocycles. The Bertz CT molecular complexity index is 381. The number of carbonyl (C=O) groups is 1. The van der Waals surface area contributed by atoms with Crippen molar-refractivity contribution in [2.45, 2.75) is 6.10 Å². The van der Waals surface area contributed by atoms with Crippen molar-refractivity contribution in [3.05, 3.63) is 24.3 Å². The van der Waals surface area contributed by atoms with Crippen molar-refractivity contribution < 1.29 is 14.7 Å². The van der Waals surface area contributed by atoms with Crippen LogP contribution in [-0.4, -0.2) is 30.8 Å². The molecule has 0 fully saturated rings. The average molecular weight is 208 g/mol. The lowest BCUT2D eigenvalue weighted by Crippen LogP contribution is -2.47. The van der Waals surface area contributed by atoms with E-state index in [1.807, 2.05) is 30.1 Å². The zero-order chi connectivity index (χ0) is 10.8. The summed E-state index contributed by atoms with van der Waals surface area (Å²) in [6.45, 7) is 0.420. The van der Waals surface area contributed by atoms with E-state index in [0.717, 1.165) is 5.69 Å². The summed E-state index contributed by atoms with van der Waals surface area (Å²) < 4.78 is 5.44. The number of carbonyl (C=O) groups excluding carboxylic acids is 1. The summed E-state index contributed by atoms with van der Waals surface area (Å²) in [5.74, 6) is 0.121. The minimum Gasteiger partial charge on any atom is -0.476 e. The third-order valence-corrected chi connectivity index (χ3v) is 2.39. The van der Waals surface area contributed by atoms with Gasteiger partial charge >= 0.3 is 0 Å². The molecule has 1 amide bonds. The fourth-order valence-electron chi connectivity index (χ4n) is 1.62. The van der Waals surface area contributed by atoms with Gasteiger partial charge in [0.25, 0.3) is 5.91 Å². The van der Waals surface area contributed by atoms with Gasteiger partial charge in [-0.15, -0.1) is 0 Å². The van der Waals surface area contributed by atoms with Gasteiger partial charge in [-0.2, -0.15) is 0 Å². The van der Waals surface area contributed by atoms with Gasteiger partial charge in [0, 0.05) is 7.05 Å². The Morgan fingerprint density at radius 3 is 3.07 bits per heavy atom. The summed E-state index contributed by atoms with van der Waals surface area (Å²) >= 11 is 0. The lowest BCUT2D eigenvalue weighted by Gasteiger charge is -2.32. The number of nitrogens with one attached hydrogen (secondary N) is 1. The van der Waals surface area contributed by atoms with Crippen LogP contribution in [0.3, 0.4) is 0 Å². The molecule has 2 rings (SSSR count). The predicted molar refractivity (Wildman–Crippen MR) is 54.1 cm³/mol. The molecular weight excluding hydrogens is 196 g/mol. The van der Waals surface area contributed by atoms with Crippen LogP contribution in [0.2, 0.25) is 0 Å². The number of benzene rings is 1. The lowest BCUT2D eigenvalue weighted by atomic mass is 10.2. The number of rotatable bonds is 1. The lowest BCUT2D eigenvalue weighted by molar-refractivity contribution is -0.136. The molecule has 0 aromatic heterocycles. The van der Waals surface area contributed by atoms with Crippen LogP contribution in [-0.2, 0) is 4.79 Å². The van der Waals surface area contributed by atoms with Crippen LogP contribution in [0.5, 0.6) is 5.75 Å². The highest BCUT2D eigenvalue weighted by atomic mass is 16.5. The molecule has 1 aromatic rings. The number of para-hydroxylation sites is 2. The third-order valence-electron chi connectivity index (χ3n) is 2.39. The SMILES string of the molecule is CN1CC(C(=O)NO)Oc2ccccc21. The molecule has 1 unspecified atom stereocenters. The molecule has 15 heavy (non-hydrogen) atoms. The monoisotopic (exact) mass is 208 g/mol. The van der Waals surface area contributed by atoms with Crippen LogP contribution in [0, 0.1) is 0 Å². The van der Waals surface area contributed by atoms with Crippen molar-refractivity contribution in [2.24, 2.45) is 0 Å². The van der Waals surface area contributed by atoms with E-state index in [9.17, 15) is 4.79 Å². The van der Waals surface area contributed by atoms with Gasteiger partial charge in [0.1, 0.15) is 5.75 Å². The van der Waals surface area contributed by atoms with Crippen molar-refractivity contribution in [1.82, 2.24) is 5.48 Å². The molecule has 1 aliphatic heterocycles. The number of likely N-dealkylation sites (N-methyl/N-ethyl adjacent to an activating group) is 1. The standard InChI is InChI=1S/C10H12N2O3/c1-12-6-9(10(13)11-14)15-8-5-3-2-4-7(8)12/h2-5,9,14H,6H2,1H3,(H,11,13). The number of hydroxylamine groups is 1. The number of hydrogen-bond donors (Lipinski definition) is 2. The quantitative estimate of drug-likeness (QED) is 0.517. The van der Waals surface area contributed by atoms with Gasteiger partial charge in [-0.3, -0.25) is 10.0 Å². The molecule has 0 bridgehead atoms. The Morgan fingerprint density at radius 2 is 2.33 bits per heavy atom. The molecule has 0 saturated heterocycles. The molecule has 80 valence electrons. The normalized spacial score (nSPS) is 19.1. The number of ether oxygens (including phenoxy) is 1. The molecule has 0 spiro atoms. The van der Waals surface area contributed by atoms with Gasteiger partial charge in [-0.1, -0.05) is 12.1 Å². The van der Waals surface area contributed by atoms with Gasteiger partial charge in [-0.25, -0.2) is 5.48 Å². The van der Waals surface area contributed by atoms with Gasteiger partial charge in [0.15, 0.2) is 6.10 Å². The average Bonchev–Trinajstić information content (AvgIpc) is 2.28. The minimum atomic E-state index is -0.671. The molecule has 1 heterocycles. The van der Waals surface area contributed by atoms with Gasteiger partial charge < -0.3 is 9.64 Å². The fourth-order valence-corrected chi connectivity index (χ4v) is 1.62. The van der Waals surface area contributed by atoms with Crippen LogP contribution >= 0.6 is 0 Å². The number of anilines is 1. The van der Waals surface area contributed by atoms with Gasteiger partial charge in [-0.05, 0) is 12.1 Å². The van der Waals surface area contributed by atoms with Crippen molar-refractivity contribution in [1.29, 1.82) is 0 Å². The summed E-state index contributed by atoms with van der Waals surface area (Å²) in [5, 5.41) is 8.52. The van der Waals surface area contributed by atoms with Crippen molar-refractivity contribution in [3.63, 3.8) is 0 Å². The van der Waals surface area contributed by atoms with E-state index in [2.05, 4.69) is 0 Å². The zero-order valence-electron chi connectivity index (χ0n) is 8.30. The fraction of sp³-hybridized carbons (Fsp3) is 0.300. The number of fused-ring (bicyclic) bond motifs is 1. The molecule has 5 heteroatoms. The van der Waals surface area contributed by atoms with Gasteiger partial charge in [0.05, 0.1) is 12.2 Å². The Hall–Kier alpha value is -1.75. The topological polar surface area (TPSA) is 61.8 Å². The largest absolute Gasteiger partial charge is 0.476 e. The second-order valence-corrected chi connectivity index (χ2v) is 3.43.